The van der Waals surface area contributed by atoms with Crippen LogP contribution in [0, 0.1) is 0 Å². The zero-order valence-corrected chi connectivity index (χ0v) is 7.25. The summed E-state index contributed by atoms with van der Waals surface area (Å²) in [4.78, 5) is 7.71. The van der Waals surface area contributed by atoms with Crippen molar-refractivity contribution in [3.63, 3.8) is 0 Å². The summed E-state index contributed by atoms with van der Waals surface area (Å²) in [6, 6.07) is 0. The first-order valence-corrected chi connectivity index (χ1v) is 3.50. The minimum Gasteiger partial charge on any atom is -0.331 e. The van der Waals surface area contributed by atoms with Gasteiger partial charge in [-0.3, -0.25) is 0 Å². The van der Waals surface area contributed by atoms with Gasteiger partial charge in [-0.05, 0) is 25.9 Å². The average Bonchev–Trinajstić information content (AvgIpc) is 2.12. The molecule has 64 valence electrons. The van der Waals surface area contributed by atoms with Crippen LogP contribution in [0.5, 0.6) is 0 Å². The predicted octanol–water partition coefficient (Wildman–Crippen LogP) is 1.87. The Morgan fingerprint density at radius 1 is 1.42 bits per heavy atom. The fourth-order valence-corrected chi connectivity index (χ4v) is 0.555. The van der Waals surface area contributed by atoms with Crippen LogP contribution in [0.25, 0.3) is 0 Å². The molecule has 12 heavy (non-hydrogen) atoms. The first-order valence-electron chi connectivity index (χ1n) is 3.50. The van der Waals surface area contributed by atoms with E-state index in [0.717, 1.165) is 5.70 Å². The Bertz CT molecular complexity index is 236. The molecule has 0 aromatic heterocycles. The fourth-order valence-electron chi connectivity index (χ4n) is 0.555. The van der Waals surface area contributed by atoms with E-state index in [4.69, 9.17) is 0 Å². The lowest BCUT2D eigenvalue weighted by Gasteiger charge is -1.98. The van der Waals surface area contributed by atoms with E-state index in [-0.39, 0.29) is 0 Å². The highest BCUT2D eigenvalue weighted by atomic mass is 15.1. The van der Waals surface area contributed by atoms with Crippen molar-refractivity contribution in [2.45, 2.75) is 6.92 Å². The summed E-state index contributed by atoms with van der Waals surface area (Å²) in [5, 5.41) is 2.73. The van der Waals surface area contributed by atoms with E-state index >= 15 is 0 Å². The predicted molar refractivity (Wildman–Crippen MR) is 54.3 cm³/mol. The maximum atomic E-state index is 4.07. The van der Waals surface area contributed by atoms with Crippen molar-refractivity contribution < 1.29 is 0 Å². The Labute approximate surface area is 72.9 Å². The van der Waals surface area contributed by atoms with Gasteiger partial charge in [0.25, 0.3) is 0 Å². The van der Waals surface area contributed by atoms with Crippen LogP contribution >= 0.6 is 0 Å². The topological polar surface area (TPSA) is 36.8 Å². The number of rotatable bonds is 3. The summed E-state index contributed by atoms with van der Waals surface area (Å²) >= 11 is 0. The second kappa shape index (κ2) is 6.09. The van der Waals surface area contributed by atoms with Crippen LogP contribution in [0.15, 0.2) is 47.2 Å². The lowest BCUT2D eigenvalue weighted by Crippen LogP contribution is -2.13. The molecule has 0 aliphatic heterocycles. The van der Waals surface area contributed by atoms with Crippen LogP contribution in [0.4, 0.5) is 0 Å². The number of guanidine groups is 1. The van der Waals surface area contributed by atoms with E-state index in [1.165, 1.54) is 6.20 Å². The van der Waals surface area contributed by atoms with Crippen molar-refractivity contribution in [3.05, 3.63) is 37.2 Å². The van der Waals surface area contributed by atoms with E-state index < -0.39 is 0 Å². The van der Waals surface area contributed by atoms with Gasteiger partial charge in [0.2, 0.25) is 5.96 Å². The number of hydrogen-bond donors (Lipinski definition) is 1. The van der Waals surface area contributed by atoms with E-state index in [1.54, 1.807) is 6.08 Å². The molecule has 1 N–H and O–H groups in total. The minimum absolute atomic E-state index is 0.415. The lowest BCUT2D eigenvalue weighted by atomic mass is 10.4. The Morgan fingerprint density at radius 2 is 2.08 bits per heavy atom. The molecule has 0 aliphatic rings. The molecule has 0 radical (unpaired) electrons. The van der Waals surface area contributed by atoms with E-state index in [2.05, 4.69) is 35.2 Å². The summed E-state index contributed by atoms with van der Waals surface area (Å²) < 4.78 is 0. The van der Waals surface area contributed by atoms with Gasteiger partial charge in [0.05, 0.1) is 5.70 Å². The van der Waals surface area contributed by atoms with Crippen LogP contribution in [-0.4, -0.2) is 12.7 Å². The van der Waals surface area contributed by atoms with Crippen LogP contribution in [0.1, 0.15) is 6.92 Å². The van der Waals surface area contributed by atoms with E-state index in [9.17, 15) is 0 Å². The molecule has 0 spiro atoms. The van der Waals surface area contributed by atoms with Crippen LogP contribution in [-0.2, 0) is 0 Å². The zero-order chi connectivity index (χ0) is 9.40. The molecule has 0 saturated carbocycles. The van der Waals surface area contributed by atoms with Gasteiger partial charge in [-0.2, -0.15) is 0 Å². The van der Waals surface area contributed by atoms with Gasteiger partial charge in [0.15, 0.2) is 0 Å². The first kappa shape index (κ1) is 10.4. The lowest BCUT2D eigenvalue weighted by molar-refractivity contribution is 1.20. The number of hydrogen-bond acceptors (Lipinski definition) is 1. The SMILES string of the molecule is C=CNC(N=C)=N/C(C=C)=C/C. The molecule has 0 fully saturated rings. The van der Waals surface area contributed by atoms with Crippen LogP contribution in [0.2, 0.25) is 0 Å². The Balaban J connectivity index is 4.55. The molecule has 0 aliphatic carbocycles. The van der Waals surface area contributed by atoms with Gasteiger partial charge in [-0.1, -0.05) is 19.2 Å². The van der Waals surface area contributed by atoms with Gasteiger partial charge >= 0.3 is 0 Å². The molecule has 0 heterocycles. The second-order valence-electron chi connectivity index (χ2n) is 1.86. The van der Waals surface area contributed by atoms with Crippen LogP contribution < -0.4 is 5.32 Å². The van der Waals surface area contributed by atoms with Crippen molar-refractivity contribution in [2.75, 3.05) is 0 Å². The number of aliphatic imine (C=N–C) groups is 2. The summed E-state index contributed by atoms with van der Waals surface area (Å²) in [7, 11) is 0. The quantitative estimate of drug-likeness (QED) is 0.385. The average molecular weight is 163 g/mol. The number of nitrogens with one attached hydrogen (secondary N) is 1. The minimum atomic E-state index is 0.415. The van der Waals surface area contributed by atoms with Crippen molar-refractivity contribution >= 4 is 12.7 Å². The Morgan fingerprint density at radius 3 is 2.42 bits per heavy atom. The molecular formula is C9H13N3. The Kier molecular flexibility index (Phi) is 5.26. The highest BCUT2D eigenvalue weighted by Gasteiger charge is 1.90. The summed E-state index contributed by atoms with van der Waals surface area (Å²) in [5.74, 6) is 0.415. The van der Waals surface area contributed by atoms with Crippen molar-refractivity contribution in [1.29, 1.82) is 0 Å². The highest BCUT2D eigenvalue weighted by Crippen LogP contribution is 1.97. The summed E-state index contributed by atoms with van der Waals surface area (Å²) in [5.41, 5.74) is 0.742. The molecule has 0 atom stereocenters. The summed E-state index contributed by atoms with van der Waals surface area (Å²) in [6.07, 6.45) is 4.95. The third kappa shape index (κ3) is 3.51. The van der Waals surface area contributed by atoms with Gasteiger partial charge in [0, 0.05) is 0 Å². The second-order valence-corrected chi connectivity index (χ2v) is 1.86. The molecular weight excluding hydrogens is 150 g/mol. The van der Waals surface area contributed by atoms with Gasteiger partial charge in [0.1, 0.15) is 0 Å². The summed E-state index contributed by atoms with van der Waals surface area (Å²) in [6.45, 7) is 12.3. The molecule has 0 amide bonds. The number of allylic oxidation sites excluding steroid dienone is 2. The Hall–Kier alpha value is -1.64. The molecule has 3 nitrogen and oxygen atoms in total. The van der Waals surface area contributed by atoms with Crippen molar-refractivity contribution in [3.8, 4) is 0 Å². The van der Waals surface area contributed by atoms with Gasteiger partial charge in [-0.25, -0.2) is 9.98 Å². The smallest absolute Gasteiger partial charge is 0.226 e. The monoisotopic (exact) mass is 163 g/mol. The fraction of sp³-hybridized carbons (Fsp3) is 0.111. The molecule has 0 saturated heterocycles. The van der Waals surface area contributed by atoms with Crippen molar-refractivity contribution in [2.24, 2.45) is 9.98 Å². The number of nitrogens with zero attached hydrogens (tertiary/aromatic N) is 2. The van der Waals surface area contributed by atoms with Gasteiger partial charge < -0.3 is 5.32 Å². The molecule has 0 bridgehead atoms. The largest absolute Gasteiger partial charge is 0.331 e. The maximum Gasteiger partial charge on any atom is 0.226 e. The molecule has 0 unspecified atom stereocenters. The van der Waals surface area contributed by atoms with Crippen molar-refractivity contribution in [1.82, 2.24) is 5.32 Å². The maximum absolute atomic E-state index is 4.07. The van der Waals surface area contributed by atoms with Gasteiger partial charge in [-0.15, -0.1) is 0 Å². The third-order valence-electron chi connectivity index (χ3n) is 1.12. The normalized spacial score (nSPS) is 12.1. The first-order chi connectivity index (χ1) is 5.78. The highest BCUT2D eigenvalue weighted by molar-refractivity contribution is 5.85. The molecule has 3 heteroatoms. The van der Waals surface area contributed by atoms with Crippen LogP contribution in [0.3, 0.4) is 0 Å². The molecule has 0 aromatic carbocycles. The van der Waals surface area contributed by atoms with E-state index in [0.29, 0.717) is 5.96 Å². The van der Waals surface area contributed by atoms with E-state index in [1.807, 2.05) is 13.0 Å². The molecule has 0 rings (SSSR count). The zero-order valence-electron chi connectivity index (χ0n) is 7.25. The molecule has 0 aromatic rings. The third-order valence-corrected chi connectivity index (χ3v) is 1.12. The standard InChI is InChI=1S/C9H13N3/c1-5-8(6-2)12-9(10-4)11-7-3/h5-7H,1,3-4H2,2H3,(H,11,12)/b8-6+.